The Bertz CT molecular complexity index is 1120. The molecule has 0 aliphatic carbocycles. The molecule has 2 atom stereocenters. The normalized spacial score (nSPS) is 13.2. The zero-order valence-electron chi connectivity index (χ0n) is 17.7. The third-order valence-electron chi connectivity index (χ3n) is 5.39. The lowest BCUT2D eigenvalue weighted by molar-refractivity contribution is -0.149. The fourth-order valence-electron chi connectivity index (χ4n) is 3.77. The number of ether oxygens (including phenoxy) is 1. The number of Topliss-reactive ketones (excluding diaryl/α,β-unsaturated/α-hetero) is 2. The van der Waals surface area contributed by atoms with Crippen molar-refractivity contribution in [3.8, 4) is 6.07 Å². The Morgan fingerprint density at radius 1 is 0.844 bits per heavy atom. The number of esters is 1. The number of carbonyl (C=O) groups is 3. The molecular formula is C27H23NO4. The number of ketones is 2. The summed E-state index contributed by atoms with van der Waals surface area (Å²) in [4.78, 5) is 40.1. The summed E-state index contributed by atoms with van der Waals surface area (Å²) in [5, 5.41) is 10.4. The van der Waals surface area contributed by atoms with Gasteiger partial charge in [-0.2, -0.15) is 5.26 Å². The number of carbonyl (C=O) groups excluding carboxylic acids is 3. The SMILES string of the molecule is CCOC(=O)C(C#N)(c1ccccc1)C(CC(=O)c1ccccc1)C(=O)c1ccccc1. The van der Waals surface area contributed by atoms with Crippen molar-refractivity contribution in [2.45, 2.75) is 18.8 Å². The maximum Gasteiger partial charge on any atom is 0.331 e. The molecule has 0 N–H and O–H groups in total. The average Bonchev–Trinajstić information content (AvgIpc) is 2.85. The quantitative estimate of drug-likeness (QED) is 0.364. The van der Waals surface area contributed by atoms with Gasteiger partial charge >= 0.3 is 5.97 Å². The summed E-state index contributed by atoms with van der Waals surface area (Å²) in [5.74, 6) is -2.92. The smallest absolute Gasteiger partial charge is 0.331 e. The van der Waals surface area contributed by atoms with Crippen molar-refractivity contribution in [2.75, 3.05) is 6.61 Å². The van der Waals surface area contributed by atoms with E-state index in [4.69, 9.17) is 4.74 Å². The Hall–Kier alpha value is -4.04. The van der Waals surface area contributed by atoms with Crippen LogP contribution in [0.5, 0.6) is 0 Å². The molecular weight excluding hydrogens is 402 g/mol. The summed E-state index contributed by atoms with van der Waals surface area (Å²) in [6.07, 6.45) is -0.320. The Labute approximate surface area is 187 Å². The first-order valence-corrected chi connectivity index (χ1v) is 10.4. The number of hydrogen-bond donors (Lipinski definition) is 0. The molecule has 0 radical (unpaired) electrons. The summed E-state index contributed by atoms with van der Waals surface area (Å²) in [6.45, 7) is 1.67. The summed E-state index contributed by atoms with van der Waals surface area (Å²) in [6, 6.07) is 27.3. The molecule has 0 bridgehead atoms. The van der Waals surface area contributed by atoms with E-state index in [0.717, 1.165) is 0 Å². The maximum atomic E-state index is 13.7. The van der Waals surface area contributed by atoms with Crippen molar-refractivity contribution in [1.82, 2.24) is 0 Å². The number of hydrogen-bond acceptors (Lipinski definition) is 5. The molecule has 3 rings (SSSR count). The van der Waals surface area contributed by atoms with E-state index in [-0.39, 0.29) is 18.8 Å². The molecule has 0 aliphatic heterocycles. The highest BCUT2D eigenvalue weighted by molar-refractivity contribution is 6.08. The standard InChI is InChI=1S/C27H23NO4/c1-2-32-26(31)27(19-28,22-16-10-5-11-17-22)23(25(30)21-14-8-4-9-15-21)18-24(29)20-12-6-3-7-13-20/h3-17,23H,2,18H2,1H3. The van der Waals surface area contributed by atoms with Crippen molar-refractivity contribution >= 4 is 17.5 Å². The molecule has 3 aromatic carbocycles. The molecule has 0 spiro atoms. The molecule has 5 heteroatoms. The minimum atomic E-state index is -1.98. The van der Waals surface area contributed by atoms with E-state index in [1.54, 1.807) is 97.9 Å². The van der Waals surface area contributed by atoms with Gasteiger partial charge in [-0.25, -0.2) is 4.79 Å². The van der Waals surface area contributed by atoms with Crippen molar-refractivity contribution < 1.29 is 19.1 Å². The van der Waals surface area contributed by atoms with Crippen LogP contribution in [0.15, 0.2) is 91.0 Å². The first-order chi connectivity index (χ1) is 15.5. The van der Waals surface area contributed by atoms with Gasteiger partial charge in [-0.05, 0) is 12.5 Å². The van der Waals surface area contributed by atoms with Crippen molar-refractivity contribution in [3.05, 3.63) is 108 Å². The van der Waals surface area contributed by atoms with Crippen LogP contribution in [0.4, 0.5) is 0 Å². The minimum absolute atomic E-state index is 0.0357. The zero-order chi connectivity index (χ0) is 23.0. The fourth-order valence-corrected chi connectivity index (χ4v) is 3.77. The average molecular weight is 425 g/mol. The molecule has 0 heterocycles. The molecule has 0 aromatic heterocycles. The fraction of sp³-hybridized carbons (Fsp3) is 0.185. The topological polar surface area (TPSA) is 84.2 Å². The van der Waals surface area contributed by atoms with Gasteiger partial charge in [0.1, 0.15) is 0 Å². The van der Waals surface area contributed by atoms with E-state index in [1.807, 2.05) is 0 Å². The molecule has 5 nitrogen and oxygen atoms in total. The van der Waals surface area contributed by atoms with Crippen LogP contribution < -0.4 is 0 Å². The maximum absolute atomic E-state index is 13.7. The van der Waals surface area contributed by atoms with Crippen molar-refractivity contribution in [3.63, 3.8) is 0 Å². The van der Waals surface area contributed by atoms with Crippen molar-refractivity contribution in [2.24, 2.45) is 5.92 Å². The highest BCUT2D eigenvalue weighted by atomic mass is 16.5. The Kier molecular flexibility index (Phi) is 7.30. The van der Waals surface area contributed by atoms with Gasteiger partial charge in [0, 0.05) is 17.5 Å². The summed E-state index contributed by atoms with van der Waals surface area (Å²) >= 11 is 0. The third kappa shape index (κ3) is 4.50. The highest BCUT2D eigenvalue weighted by Crippen LogP contribution is 2.38. The molecule has 0 fully saturated rings. The molecule has 0 saturated heterocycles. The van der Waals surface area contributed by atoms with Crippen LogP contribution in [0.3, 0.4) is 0 Å². The van der Waals surface area contributed by atoms with Crippen LogP contribution in [0.2, 0.25) is 0 Å². The molecule has 32 heavy (non-hydrogen) atoms. The largest absolute Gasteiger partial charge is 0.465 e. The molecule has 2 unspecified atom stereocenters. The monoisotopic (exact) mass is 425 g/mol. The summed E-state index contributed by atoms with van der Waals surface area (Å²) in [7, 11) is 0. The van der Waals surface area contributed by atoms with E-state index >= 15 is 0 Å². The predicted molar refractivity (Wildman–Crippen MR) is 120 cm³/mol. The van der Waals surface area contributed by atoms with Crippen LogP contribution in [-0.4, -0.2) is 24.1 Å². The number of benzene rings is 3. The van der Waals surface area contributed by atoms with Gasteiger partial charge in [0.25, 0.3) is 0 Å². The van der Waals surface area contributed by atoms with Gasteiger partial charge in [0.15, 0.2) is 17.0 Å². The van der Waals surface area contributed by atoms with Crippen LogP contribution in [0.25, 0.3) is 0 Å². The number of rotatable bonds is 9. The van der Waals surface area contributed by atoms with Crippen LogP contribution >= 0.6 is 0 Å². The lowest BCUT2D eigenvalue weighted by Gasteiger charge is -2.32. The number of nitriles is 1. The minimum Gasteiger partial charge on any atom is -0.465 e. The van der Waals surface area contributed by atoms with E-state index in [1.165, 1.54) is 0 Å². The van der Waals surface area contributed by atoms with E-state index < -0.39 is 23.1 Å². The van der Waals surface area contributed by atoms with E-state index in [9.17, 15) is 19.6 Å². The molecule has 0 saturated carbocycles. The van der Waals surface area contributed by atoms with Gasteiger partial charge in [-0.3, -0.25) is 9.59 Å². The van der Waals surface area contributed by atoms with Crippen LogP contribution in [0, 0.1) is 17.2 Å². The first kappa shape index (κ1) is 22.6. The van der Waals surface area contributed by atoms with Gasteiger partial charge in [-0.1, -0.05) is 91.0 Å². The Morgan fingerprint density at radius 3 is 1.84 bits per heavy atom. The van der Waals surface area contributed by atoms with Gasteiger partial charge in [0.05, 0.1) is 18.6 Å². The zero-order valence-corrected chi connectivity index (χ0v) is 17.7. The van der Waals surface area contributed by atoms with Gasteiger partial charge in [0.2, 0.25) is 0 Å². The summed E-state index contributed by atoms with van der Waals surface area (Å²) < 4.78 is 5.28. The van der Waals surface area contributed by atoms with Gasteiger partial charge < -0.3 is 4.74 Å². The number of nitrogens with zero attached hydrogens (tertiary/aromatic N) is 1. The second kappa shape index (κ2) is 10.3. The van der Waals surface area contributed by atoms with E-state index in [2.05, 4.69) is 6.07 Å². The van der Waals surface area contributed by atoms with Crippen LogP contribution in [0.1, 0.15) is 39.6 Å². The predicted octanol–water partition coefficient (Wildman–Crippen LogP) is 4.78. The Morgan fingerprint density at radius 2 is 1.34 bits per heavy atom. The second-order valence-electron chi connectivity index (χ2n) is 7.28. The lowest BCUT2D eigenvalue weighted by Crippen LogP contribution is -2.47. The lowest BCUT2D eigenvalue weighted by atomic mass is 9.66. The second-order valence-corrected chi connectivity index (χ2v) is 7.28. The summed E-state index contributed by atoms with van der Waals surface area (Å²) in [5.41, 5.74) is -0.939. The highest BCUT2D eigenvalue weighted by Gasteiger charge is 2.53. The Balaban J connectivity index is 2.19. The first-order valence-electron chi connectivity index (χ1n) is 10.4. The molecule has 3 aromatic rings. The van der Waals surface area contributed by atoms with E-state index in [0.29, 0.717) is 16.7 Å². The molecule has 0 amide bonds. The third-order valence-corrected chi connectivity index (χ3v) is 5.39. The van der Waals surface area contributed by atoms with Crippen molar-refractivity contribution in [1.29, 1.82) is 5.26 Å². The van der Waals surface area contributed by atoms with Crippen LogP contribution in [-0.2, 0) is 14.9 Å². The molecule has 0 aliphatic rings. The molecule has 160 valence electrons. The van der Waals surface area contributed by atoms with Gasteiger partial charge in [-0.15, -0.1) is 0 Å².